The van der Waals surface area contributed by atoms with Gasteiger partial charge in [0.25, 0.3) is 5.56 Å². The largest absolute Gasteiger partial charge is 0.372 e. The normalized spacial score (nSPS) is 17.5. The lowest BCUT2D eigenvalue weighted by atomic mass is 9.89. The zero-order valence-corrected chi connectivity index (χ0v) is 22.4. The summed E-state index contributed by atoms with van der Waals surface area (Å²) in [7, 11) is 1.63. The van der Waals surface area contributed by atoms with Gasteiger partial charge in [0.2, 0.25) is 0 Å². The van der Waals surface area contributed by atoms with Gasteiger partial charge in [-0.1, -0.05) is 11.6 Å². The Morgan fingerprint density at radius 1 is 1.22 bits per heavy atom. The van der Waals surface area contributed by atoms with Crippen molar-refractivity contribution >= 4 is 33.2 Å². The van der Waals surface area contributed by atoms with Crippen molar-refractivity contribution in [2.45, 2.75) is 64.7 Å². The Kier molecular flexibility index (Phi) is 6.61. The monoisotopic (exact) mass is 524 g/mol. The van der Waals surface area contributed by atoms with Gasteiger partial charge in [-0.15, -0.1) is 11.3 Å². The van der Waals surface area contributed by atoms with Crippen molar-refractivity contribution in [2.24, 2.45) is 7.05 Å². The maximum atomic E-state index is 12.5. The lowest BCUT2D eigenvalue weighted by molar-refractivity contribution is -0.105. The molecule has 0 aliphatic carbocycles. The highest BCUT2D eigenvalue weighted by Crippen LogP contribution is 2.38. The molecule has 4 aromatic rings. The number of thiophene rings is 1. The van der Waals surface area contributed by atoms with Crippen molar-refractivity contribution in [1.82, 2.24) is 19.1 Å². The Hall–Kier alpha value is -2.81. The van der Waals surface area contributed by atoms with Gasteiger partial charge in [0.15, 0.2) is 0 Å². The van der Waals surface area contributed by atoms with E-state index in [-0.39, 0.29) is 29.5 Å². The molecule has 1 saturated heterocycles. The summed E-state index contributed by atoms with van der Waals surface area (Å²) in [6.45, 7) is 6.57. The first kappa shape index (κ1) is 24.9. The average Bonchev–Trinajstić information content (AvgIpc) is 3.23. The van der Waals surface area contributed by atoms with Gasteiger partial charge >= 0.3 is 5.69 Å². The second-order valence-corrected chi connectivity index (χ2v) is 11.7. The summed E-state index contributed by atoms with van der Waals surface area (Å²) < 4.78 is 9.95. The van der Waals surface area contributed by atoms with Crippen LogP contribution < -0.4 is 11.2 Å². The van der Waals surface area contributed by atoms with E-state index in [0.717, 1.165) is 57.6 Å². The number of ether oxygens (including phenoxy) is 1. The van der Waals surface area contributed by atoms with Gasteiger partial charge in [0.1, 0.15) is 6.33 Å². The number of fused-ring (bicyclic) bond motifs is 1. The standard InChI is InChI=1S/C27H29ClN4O3S/c1-16-10-17(28)11-21(20(16)12-18-6-5-8-27(2,3)35-18)24-25-22(29-15-30-24)13-19(36-25)14-32-23(33)7-9-31(4)26(32)34/h7,9-11,13,15,18H,5-6,8,12,14H2,1-4H3/t18-/m0/s1. The Bertz CT molecular complexity index is 1570. The molecule has 5 rings (SSSR count). The number of nitrogens with zero attached hydrogens (tertiary/aromatic N) is 4. The highest BCUT2D eigenvalue weighted by Gasteiger charge is 2.30. The fraction of sp³-hybridized carbons (Fsp3) is 0.407. The van der Waals surface area contributed by atoms with E-state index in [0.29, 0.717) is 5.02 Å². The molecule has 4 heterocycles. The highest BCUT2D eigenvalue weighted by atomic mass is 35.5. The average molecular weight is 525 g/mol. The summed E-state index contributed by atoms with van der Waals surface area (Å²) in [5, 5.41) is 0.652. The second kappa shape index (κ2) is 9.57. The summed E-state index contributed by atoms with van der Waals surface area (Å²) in [5.41, 5.74) is 4.03. The van der Waals surface area contributed by atoms with Gasteiger partial charge in [0, 0.05) is 34.8 Å². The predicted octanol–water partition coefficient (Wildman–Crippen LogP) is 5.12. The molecule has 1 aromatic carbocycles. The molecule has 0 saturated carbocycles. The van der Waals surface area contributed by atoms with Crippen molar-refractivity contribution in [1.29, 1.82) is 0 Å². The quantitative estimate of drug-likeness (QED) is 0.362. The van der Waals surface area contributed by atoms with Gasteiger partial charge in [-0.25, -0.2) is 14.8 Å². The fourth-order valence-electron chi connectivity index (χ4n) is 5.04. The van der Waals surface area contributed by atoms with Gasteiger partial charge in [-0.2, -0.15) is 0 Å². The number of hydrogen-bond donors (Lipinski definition) is 0. The molecule has 0 spiro atoms. The third-order valence-electron chi connectivity index (χ3n) is 6.83. The molecule has 0 radical (unpaired) electrons. The minimum Gasteiger partial charge on any atom is -0.372 e. The van der Waals surface area contributed by atoms with Crippen molar-refractivity contribution in [2.75, 3.05) is 0 Å². The Morgan fingerprint density at radius 3 is 2.81 bits per heavy atom. The Balaban J connectivity index is 1.58. The van der Waals surface area contributed by atoms with Crippen molar-refractivity contribution in [3.63, 3.8) is 0 Å². The van der Waals surface area contributed by atoms with Crippen LogP contribution in [0.15, 0.2) is 46.4 Å². The molecule has 0 bridgehead atoms. The number of halogens is 1. The molecule has 1 fully saturated rings. The number of benzene rings is 1. The molecule has 1 aliphatic rings. The molecule has 1 aliphatic heterocycles. The number of hydrogen-bond acceptors (Lipinski definition) is 6. The van der Waals surface area contributed by atoms with Crippen LogP contribution >= 0.6 is 22.9 Å². The minimum atomic E-state index is -0.352. The van der Waals surface area contributed by atoms with E-state index in [9.17, 15) is 9.59 Å². The first-order valence-electron chi connectivity index (χ1n) is 12.1. The Labute approximate surface area is 218 Å². The molecule has 0 unspecified atom stereocenters. The summed E-state index contributed by atoms with van der Waals surface area (Å²) in [6, 6.07) is 7.28. The third-order valence-corrected chi connectivity index (χ3v) is 8.16. The van der Waals surface area contributed by atoms with Crippen LogP contribution in [-0.4, -0.2) is 30.8 Å². The van der Waals surface area contributed by atoms with Gasteiger partial charge < -0.3 is 9.30 Å². The van der Waals surface area contributed by atoms with Crippen LogP contribution in [0.4, 0.5) is 0 Å². The fourth-order valence-corrected chi connectivity index (χ4v) is 6.41. The number of aryl methyl sites for hydroxylation is 2. The molecule has 9 heteroatoms. The third kappa shape index (κ3) is 4.90. The van der Waals surface area contributed by atoms with Crippen molar-refractivity contribution in [3.8, 4) is 11.3 Å². The highest BCUT2D eigenvalue weighted by molar-refractivity contribution is 7.19. The van der Waals surface area contributed by atoms with Gasteiger partial charge in [-0.05, 0) is 75.8 Å². The minimum absolute atomic E-state index is 0.124. The molecule has 1 atom stereocenters. The smallest absolute Gasteiger partial charge is 0.331 e. The van der Waals surface area contributed by atoms with E-state index < -0.39 is 0 Å². The lowest BCUT2D eigenvalue weighted by Crippen LogP contribution is -2.37. The van der Waals surface area contributed by atoms with Crippen LogP contribution in [0.25, 0.3) is 21.5 Å². The molecular weight excluding hydrogens is 496 g/mol. The summed E-state index contributed by atoms with van der Waals surface area (Å²) in [6.07, 6.45) is 7.18. The molecular formula is C27H29ClN4O3S. The first-order valence-corrected chi connectivity index (χ1v) is 13.3. The van der Waals surface area contributed by atoms with Crippen molar-refractivity contribution in [3.05, 3.63) is 78.7 Å². The molecule has 3 aromatic heterocycles. The molecule has 0 amide bonds. The topological polar surface area (TPSA) is 79.0 Å². The molecule has 188 valence electrons. The molecule has 7 nitrogen and oxygen atoms in total. The van der Waals surface area contributed by atoms with E-state index >= 15 is 0 Å². The molecule has 36 heavy (non-hydrogen) atoms. The van der Waals surface area contributed by atoms with Crippen LogP contribution in [0.5, 0.6) is 0 Å². The maximum absolute atomic E-state index is 12.5. The van der Waals surface area contributed by atoms with Crippen LogP contribution in [0, 0.1) is 6.92 Å². The zero-order valence-electron chi connectivity index (χ0n) is 20.9. The van der Waals surface area contributed by atoms with E-state index in [4.69, 9.17) is 16.3 Å². The Morgan fingerprint density at radius 2 is 2.03 bits per heavy atom. The maximum Gasteiger partial charge on any atom is 0.331 e. The predicted molar refractivity (Wildman–Crippen MR) is 144 cm³/mol. The second-order valence-electron chi connectivity index (χ2n) is 10.1. The van der Waals surface area contributed by atoms with E-state index in [1.54, 1.807) is 13.4 Å². The van der Waals surface area contributed by atoms with E-state index in [2.05, 4.69) is 30.7 Å². The van der Waals surface area contributed by atoms with Crippen molar-refractivity contribution < 1.29 is 4.74 Å². The summed E-state index contributed by atoms with van der Waals surface area (Å²) in [5.74, 6) is 0. The van der Waals surface area contributed by atoms with E-state index in [1.165, 1.54) is 38.3 Å². The van der Waals surface area contributed by atoms with E-state index in [1.807, 2.05) is 18.2 Å². The van der Waals surface area contributed by atoms with Gasteiger partial charge in [0.05, 0.1) is 34.2 Å². The summed E-state index contributed by atoms with van der Waals surface area (Å²) >= 11 is 8.02. The summed E-state index contributed by atoms with van der Waals surface area (Å²) in [4.78, 5) is 34.9. The zero-order chi connectivity index (χ0) is 25.6. The van der Waals surface area contributed by atoms with Crippen LogP contribution in [-0.2, 0) is 24.8 Å². The molecule has 0 N–H and O–H groups in total. The van der Waals surface area contributed by atoms with Gasteiger partial charge in [-0.3, -0.25) is 9.36 Å². The van der Waals surface area contributed by atoms with Crippen LogP contribution in [0.3, 0.4) is 0 Å². The van der Waals surface area contributed by atoms with Crippen LogP contribution in [0.2, 0.25) is 5.02 Å². The SMILES string of the molecule is Cc1cc(Cl)cc(-c2ncnc3cc(Cn4c(=O)ccn(C)c4=O)sc23)c1C[C@@H]1CCCC(C)(C)O1. The number of aromatic nitrogens is 4. The lowest BCUT2D eigenvalue weighted by Gasteiger charge is -2.36. The first-order chi connectivity index (χ1) is 17.1. The number of rotatable bonds is 5. The van der Waals surface area contributed by atoms with Crippen LogP contribution in [0.1, 0.15) is 49.1 Å².